The van der Waals surface area contributed by atoms with Gasteiger partial charge in [-0.2, -0.15) is 4.91 Å². The first-order valence-corrected chi connectivity index (χ1v) is 14.3. The van der Waals surface area contributed by atoms with Crippen LogP contribution in [0.2, 0.25) is 0 Å². The van der Waals surface area contributed by atoms with Gasteiger partial charge in [0.2, 0.25) is 0 Å². The monoisotopic (exact) mass is 531 g/mol. The van der Waals surface area contributed by atoms with Gasteiger partial charge in [0.05, 0.1) is 17.4 Å². The Bertz CT molecular complexity index is 1340. The summed E-state index contributed by atoms with van der Waals surface area (Å²) in [6.45, 7) is 4.69. The summed E-state index contributed by atoms with van der Waals surface area (Å²) in [5, 5.41) is 15.3. The lowest BCUT2D eigenvalue weighted by Gasteiger charge is -2.61. The molecule has 2 aromatic rings. The van der Waals surface area contributed by atoms with Crippen molar-refractivity contribution in [2.75, 3.05) is 0 Å². The molecular formula is C32H37NO6. The molecule has 0 saturated heterocycles. The second kappa shape index (κ2) is 9.54. The maximum Gasteiger partial charge on any atom is 0.338 e. The van der Waals surface area contributed by atoms with Crippen molar-refractivity contribution in [1.82, 2.24) is 0 Å². The topological polar surface area (TPSA) is 106 Å². The molecule has 39 heavy (non-hydrogen) atoms. The third-order valence-corrected chi connectivity index (χ3v) is 11.1. The first kappa shape index (κ1) is 26.2. The second-order valence-corrected chi connectivity index (χ2v) is 12.7. The van der Waals surface area contributed by atoms with Crippen LogP contribution < -0.4 is 5.63 Å². The van der Waals surface area contributed by atoms with Gasteiger partial charge in [-0.15, -0.1) is 0 Å². The van der Waals surface area contributed by atoms with Crippen molar-refractivity contribution in [3.8, 4) is 0 Å². The van der Waals surface area contributed by atoms with E-state index in [0.717, 1.165) is 62.5 Å². The fourth-order valence-corrected chi connectivity index (χ4v) is 8.89. The summed E-state index contributed by atoms with van der Waals surface area (Å²) in [6.07, 6.45) is 10.7. The van der Waals surface area contributed by atoms with E-state index in [0.29, 0.717) is 11.5 Å². The minimum absolute atomic E-state index is 0.00993. The smallest absolute Gasteiger partial charge is 0.338 e. The van der Waals surface area contributed by atoms with Crippen molar-refractivity contribution < 1.29 is 19.1 Å². The van der Waals surface area contributed by atoms with Crippen LogP contribution in [0.4, 0.5) is 0 Å². The normalized spacial score (nSPS) is 37.2. The van der Waals surface area contributed by atoms with Crippen molar-refractivity contribution >= 4 is 5.97 Å². The lowest BCUT2D eigenvalue weighted by atomic mass is 9.45. The summed E-state index contributed by atoms with van der Waals surface area (Å²) in [4.78, 5) is 34.9. The molecule has 0 aliphatic heterocycles. The first-order valence-electron chi connectivity index (χ1n) is 14.3. The van der Waals surface area contributed by atoms with Gasteiger partial charge in [-0.1, -0.05) is 36.7 Å². The van der Waals surface area contributed by atoms with Crippen LogP contribution in [0, 0.1) is 27.6 Å². The summed E-state index contributed by atoms with van der Waals surface area (Å²) >= 11 is 0. The number of esters is 1. The van der Waals surface area contributed by atoms with Crippen LogP contribution in [0.3, 0.4) is 0 Å². The van der Waals surface area contributed by atoms with Gasteiger partial charge in [0.1, 0.15) is 12.6 Å². The molecule has 0 spiro atoms. The van der Waals surface area contributed by atoms with Crippen LogP contribution in [-0.4, -0.2) is 22.8 Å². The predicted octanol–water partition coefficient (Wildman–Crippen LogP) is 6.29. The van der Waals surface area contributed by atoms with Crippen molar-refractivity contribution in [3.63, 3.8) is 0 Å². The minimum Gasteiger partial charge on any atom is -0.455 e. The van der Waals surface area contributed by atoms with Gasteiger partial charge in [0, 0.05) is 11.5 Å². The number of ether oxygens (including phenoxy) is 1. The molecule has 4 aliphatic carbocycles. The van der Waals surface area contributed by atoms with E-state index in [9.17, 15) is 19.6 Å². The molecule has 1 heterocycles. The highest BCUT2D eigenvalue weighted by Crippen LogP contribution is 2.70. The number of aliphatic hydroxyl groups is 1. The number of carbonyl (C=O) groups excluding carboxylic acids is 1. The van der Waals surface area contributed by atoms with Gasteiger partial charge in [-0.3, -0.25) is 0 Å². The quantitative estimate of drug-likeness (QED) is 0.276. The van der Waals surface area contributed by atoms with E-state index in [-0.39, 0.29) is 46.9 Å². The highest BCUT2D eigenvalue weighted by Gasteiger charge is 2.66. The molecule has 1 aromatic heterocycles. The molecular weight excluding hydrogens is 494 g/mol. The minimum atomic E-state index is -0.750. The standard InChI is InChI=1S/C32H37NO6/c1-30-14-11-24(39-29(35)21-5-3-20(4-6-21)18-33-37)17-23(30)8-9-27-26(30)12-15-31(2)25(13-16-32(27,31)36)22-7-10-28(34)38-19-22/h3-7,10,17,19,24-27,36H,8-9,11-16,18H2,1-2H3/t24-,25+,26?,27?,30-,31+,32-/m0/s1. The number of fused-ring (bicyclic) bond motifs is 5. The zero-order valence-corrected chi connectivity index (χ0v) is 22.7. The predicted molar refractivity (Wildman–Crippen MR) is 146 cm³/mol. The molecule has 1 aromatic carbocycles. The molecule has 0 radical (unpaired) electrons. The molecule has 2 unspecified atom stereocenters. The first-order chi connectivity index (χ1) is 18.7. The van der Waals surface area contributed by atoms with Crippen LogP contribution in [0.15, 0.2) is 68.7 Å². The lowest BCUT2D eigenvalue weighted by molar-refractivity contribution is -0.178. The third-order valence-electron chi connectivity index (χ3n) is 11.1. The number of allylic oxidation sites excluding steroid dienone is 1. The Morgan fingerprint density at radius 1 is 1.03 bits per heavy atom. The van der Waals surface area contributed by atoms with E-state index < -0.39 is 5.60 Å². The Morgan fingerprint density at radius 3 is 2.54 bits per heavy atom. The number of hydrogen-bond donors (Lipinski definition) is 1. The molecule has 0 bridgehead atoms. The maximum absolute atomic E-state index is 12.8. The molecule has 3 saturated carbocycles. The highest BCUT2D eigenvalue weighted by molar-refractivity contribution is 5.89. The van der Waals surface area contributed by atoms with Crippen LogP contribution in [0.5, 0.6) is 0 Å². The second-order valence-electron chi connectivity index (χ2n) is 12.7. The van der Waals surface area contributed by atoms with Crippen LogP contribution >= 0.6 is 0 Å². The number of nitroso groups, excluding NO2 is 1. The van der Waals surface area contributed by atoms with E-state index in [1.807, 2.05) is 6.07 Å². The Kier molecular flexibility index (Phi) is 6.41. The summed E-state index contributed by atoms with van der Waals surface area (Å²) in [6, 6.07) is 10.2. The van der Waals surface area contributed by atoms with Gasteiger partial charge in [0.15, 0.2) is 0 Å². The van der Waals surface area contributed by atoms with E-state index in [1.165, 1.54) is 11.6 Å². The number of nitrogens with zero attached hydrogens (tertiary/aromatic N) is 1. The molecule has 6 rings (SSSR count). The van der Waals surface area contributed by atoms with Gasteiger partial charge >= 0.3 is 11.6 Å². The number of benzene rings is 1. The zero-order chi connectivity index (χ0) is 27.4. The zero-order valence-electron chi connectivity index (χ0n) is 22.7. The van der Waals surface area contributed by atoms with E-state index in [4.69, 9.17) is 9.15 Å². The van der Waals surface area contributed by atoms with Crippen LogP contribution in [0.1, 0.15) is 92.6 Å². The van der Waals surface area contributed by atoms with Gasteiger partial charge in [0.25, 0.3) is 0 Å². The van der Waals surface area contributed by atoms with Gasteiger partial charge in [-0.25, -0.2) is 9.59 Å². The Balaban J connectivity index is 1.19. The maximum atomic E-state index is 12.8. The molecule has 206 valence electrons. The average molecular weight is 532 g/mol. The van der Waals surface area contributed by atoms with Gasteiger partial charge in [-0.05, 0) is 110 Å². The van der Waals surface area contributed by atoms with Crippen molar-refractivity contribution in [1.29, 1.82) is 0 Å². The molecule has 7 atom stereocenters. The molecule has 4 aliphatic rings. The third kappa shape index (κ3) is 4.12. The van der Waals surface area contributed by atoms with Crippen LogP contribution in [-0.2, 0) is 11.3 Å². The molecule has 0 amide bonds. The van der Waals surface area contributed by atoms with Crippen LogP contribution in [0.25, 0.3) is 0 Å². The summed E-state index contributed by atoms with van der Waals surface area (Å²) in [7, 11) is 0. The number of rotatable bonds is 5. The molecule has 1 N–H and O–H groups in total. The molecule has 7 heteroatoms. The summed E-state index contributed by atoms with van der Waals surface area (Å²) in [5.74, 6) is 0.434. The Morgan fingerprint density at radius 2 is 1.82 bits per heavy atom. The highest BCUT2D eigenvalue weighted by atomic mass is 16.5. The fraction of sp³-hybridized carbons (Fsp3) is 0.562. The summed E-state index contributed by atoms with van der Waals surface area (Å²) in [5.41, 5.74) is 2.27. The molecule has 7 nitrogen and oxygen atoms in total. The summed E-state index contributed by atoms with van der Waals surface area (Å²) < 4.78 is 11.1. The average Bonchev–Trinajstić information content (AvgIpc) is 3.21. The number of carbonyl (C=O) groups is 1. The van der Waals surface area contributed by atoms with Crippen molar-refractivity contribution in [2.45, 2.75) is 89.4 Å². The lowest BCUT2D eigenvalue weighted by Crippen LogP contribution is -2.60. The van der Waals surface area contributed by atoms with E-state index in [2.05, 4.69) is 25.1 Å². The van der Waals surface area contributed by atoms with Crippen molar-refractivity contribution in [3.05, 3.63) is 86.3 Å². The van der Waals surface area contributed by atoms with E-state index in [1.54, 1.807) is 30.5 Å². The van der Waals surface area contributed by atoms with Gasteiger partial charge < -0.3 is 14.3 Å². The molecule has 3 fully saturated rings. The SMILES string of the molecule is C[C@]12CC[C@H](OC(=O)c3ccc(CN=O)cc3)C=C1CCC1C2CC[C@]2(C)[C@@H](c3ccc(=O)oc3)CC[C@]12O. The number of hydrogen-bond acceptors (Lipinski definition) is 7. The Labute approximate surface area is 228 Å². The Hall–Kier alpha value is -3.06. The fourth-order valence-electron chi connectivity index (χ4n) is 8.89. The largest absolute Gasteiger partial charge is 0.455 e. The van der Waals surface area contributed by atoms with E-state index >= 15 is 0 Å². The van der Waals surface area contributed by atoms with Crippen molar-refractivity contribution in [2.24, 2.45) is 27.8 Å².